The maximum atomic E-state index is 12.6. The lowest BCUT2D eigenvalue weighted by Gasteiger charge is -2.28. The first-order valence-electron chi connectivity index (χ1n) is 8.61. The number of sulfone groups is 1. The van der Waals surface area contributed by atoms with Gasteiger partial charge in [0.15, 0.2) is 22.2 Å². The summed E-state index contributed by atoms with van der Waals surface area (Å²) in [5.74, 6) is -0.274. The molecular weight excluding hydrogens is 360 g/mol. The van der Waals surface area contributed by atoms with E-state index in [2.05, 4.69) is 0 Å². The quantitative estimate of drug-likeness (QED) is 0.502. The van der Waals surface area contributed by atoms with Crippen molar-refractivity contribution in [3.8, 4) is 5.75 Å². The average Bonchev–Trinajstić information content (AvgIpc) is 2.93. The Kier molecular flexibility index (Phi) is 6.57. The first-order chi connectivity index (χ1) is 12.2. The fraction of sp³-hybridized carbons (Fsp3) is 0.588. The normalized spacial score (nSPS) is 18.5. The van der Waals surface area contributed by atoms with Crippen molar-refractivity contribution in [2.24, 2.45) is 0 Å². The summed E-state index contributed by atoms with van der Waals surface area (Å²) in [6, 6.07) is 4.18. The topological polar surface area (TPSA) is 107 Å². The highest BCUT2D eigenvalue weighted by Crippen LogP contribution is 2.28. The molecule has 0 aliphatic carbocycles. The van der Waals surface area contributed by atoms with E-state index in [4.69, 9.17) is 4.74 Å². The van der Waals surface area contributed by atoms with Crippen LogP contribution in [0.5, 0.6) is 5.75 Å². The molecule has 1 saturated heterocycles. The molecule has 8 nitrogen and oxygen atoms in total. The average molecular weight is 384 g/mol. The number of amides is 1. The molecule has 1 aromatic carbocycles. The molecule has 1 atom stereocenters. The molecule has 1 fully saturated rings. The molecule has 0 saturated carbocycles. The van der Waals surface area contributed by atoms with Gasteiger partial charge in [-0.3, -0.25) is 14.9 Å². The highest BCUT2D eigenvalue weighted by molar-refractivity contribution is 7.91. The van der Waals surface area contributed by atoms with Crippen molar-refractivity contribution < 1.29 is 22.9 Å². The van der Waals surface area contributed by atoms with E-state index in [0.29, 0.717) is 13.0 Å². The molecule has 1 heterocycles. The third-order valence-electron chi connectivity index (χ3n) is 4.38. The van der Waals surface area contributed by atoms with Crippen LogP contribution in [0, 0.1) is 17.0 Å². The van der Waals surface area contributed by atoms with Gasteiger partial charge in [0.2, 0.25) is 0 Å². The number of carbonyl (C=O) groups is 1. The second-order valence-corrected chi connectivity index (χ2v) is 8.74. The first kappa shape index (κ1) is 20.2. The molecule has 1 aromatic rings. The Morgan fingerprint density at radius 1 is 1.42 bits per heavy atom. The smallest absolute Gasteiger partial charge is 0.311 e. The second kappa shape index (κ2) is 8.48. The number of nitro groups is 1. The SMILES string of the molecule is CCCCN(C(=O)COc1ccc(C)cc1[N+](=O)[O-])[C@H]1CCS(=O)(=O)C1. The van der Waals surface area contributed by atoms with Gasteiger partial charge in [0.1, 0.15) is 0 Å². The molecule has 0 aromatic heterocycles. The Hall–Kier alpha value is -2.16. The molecule has 9 heteroatoms. The summed E-state index contributed by atoms with van der Waals surface area (Å²) < 4.78 is 28.9. The van der Waals surface area contributed by atoms with Crippen LogP contribution in [0.25, 0.3) is 0 Å². The van der Waals surface area contributed by atoms with Gasteiger partial charge in [-0.25, -0.2) is 8.42 Å². The molecule has 0 unspecified atom stereocenters. The summed E-state index contributed by atoms with van der Waals surface area (Å²) in [6.45, 7) is 3.81. The molecule has 2 rings (SSSR count). The summed E-state index contributed by atoms with van der Waals surface area (Å²) in [7, 11) is -3.11. The number of ether oxygens (including phenoxy) is 1. The number of unbranched alkanes of at least 4 members (excludes halogenated alkanes) is 1. The summed E-state index contributed by atoms with van der Waals surface area (Å²) >= 11 is 0. The number of hydrogen-bond donors (Lipinski definition) is 0. The first-order valence-corrected chi connectivity index (χ1v) is 10.4. The fourth-order valence-corrected chi connectivity index (χ4v) is 4.71. The zero-order chi connectivity index (χ0) is 19.3. The van der Waals surface area contributed by atoms with Crippen molar-refractivity contribution in [1.82, 2.24) is 4.90 Å². The summed E-state index contributed by atoms with van der Waals surface area (Å²) in [6.07, 6.45) is 2.04. The van der Waals surface area contributed by atoms with Gasteiger partial charge >= 0.3 is 5.69 Å². The minimum absolute atomic E-state index is 0.0310. The van der Waals surface area contributed by atoms with E-state index in [9.17, 15) is 23.3 Å². The highest BCUT2D eigenvalue weighted by Gasteiger charge is 2.34. The van der Waals surface area contributed by atoms with Crippen molar-refractivity contribution >= 4 is 21.4 Å². The van der Waals surface area contributed by atoms with E-state index in [1.807, 2.05) is 6.92 Å². The largest absolute Gasteiger partial charge is 0.477 e. The Balaban J connectivity index is 2.09. The number of nitrogens with zero attached hydrogens (tertiary/aromatic N) is 2. The fourth-order valence-electron chi connectivity index (χ4n) is 2.98. The van der Waals surface area contributed by atoms with E-state index in [-0.39, 0.29) is 41.5 Å². The third-order valence-corrected chi connectivity index (χ3v) is 6.13. The van der Waals surface area contributed by atoms with Gasteiger partial charge in [0, 0.05) is 18.7 Å². The number of rotatable bonds is 8. The molecular formula is C17H24N2O6S. The number of carbonyl (C=O) groups excluding carboxylic acids is 1. The minimum atomic E-state index is -3.11. The number of aryl methyl sites for hydroxylation is 1. The van der Waals surface area contributed by atoms with Crippen LogP contribution >= 0.6 is 0 Å². The van der Waals surface area contributed by atoms with Crippen LogP contribution in [0.1, 0.15) is 31.7 Å². The van der Waals surface area contributed by atoms with Crippen LogP contribution < -0.4 is 4.74 Å². The Morgan fingerprint density at radius 2 is 2.15 bits per heavy atom. The van der Waals surface area contributed by atoms with Gasteiger partial charge < -0.3 is 9.64 Å². The molecule has 0 N–H and O–H groups in total. The van der Waals surface area contributed by atoms with Crippen molar-refractivity contribution in [2.45, 2.75) is 39.2 Å². The highest BCUT2D eigenvalue weighted by atomic mass is 32.2. The number of hydrogen-bond acceptors (Lipinski definition) is 6. The van der Waals surface area contributed by atoms with Crippen LogP contribution in [0.15, 0.2) is 18.2 Å². The van der Waals surface area contributed by atoms with E-state index in [0.717, 1.165) is 18.4 Å². The van der Waals surface area contributed by atoms with Gasteiger partial charge in [-0.05, 0) is 31.4 Å². The molecule has 0 spiro atoms. The zero-order valence-electron chi connectivity index (χ0n) is 15.0. The molecule has 1 aliphatic heterocycles. The molecule has 144 valence electrons. The maximum absolute atomic E-state index is 12.6. The van der Waals surface area contributed by atoms with E-state index < -0.39 is 14.8 Å². The van der Waals surface area contributed by atoms with Crippen LogP contribution in [0.2, 0.25) is 0 Å². The molecule has 1 aliphatic rings. The van der Waals surface area contributed by atoms with E-state index in [1.54, 1.807) is 17.9 Å². The zero-order valence-corrected chi connectivity index (χ0v) is 15.8. The van der Waals surface area contributed by atoms with Gasteiger partial charge in [0.25, 0.3) is 5.91 Å². The lowest BCUT2D eigenvalue weighted by Crippen LogP contribution is -2.44. The van der Waals surface area contributed by atoms with Crippen molar-refractivity contribution in [1.29, 1.82) is 0 Å². The van der Waals surface area contributed by atoms with E-state index in [1.165, 1.54) is 12.1 Å². The lowest BCUT2D eigenvalue weighted by atomic mass is 10.2. The van der Waals surface area contributed by atoms with Crippen LogP contribution in [-0.4, -0.2) is 54.8 Å². The summed E-state index contributed by atoms with van der Waals surface area (Å²) in [4.78, 5) is 24.7. The predicted octanol–water partition coefficient (Wildman–Crippen LogP) is 2.10. The monoisotopic (exact) mass is 384 g/mol. The predicted molar refractivity (Wildman–Crippen MR) is 97.0 cm³/mol. The Labute approximate surface area is 153 Å². The Bertz CT molecular complexity index is 777. The standard InChI is InChI=1S/C17H24N2O6S/c1-3-4-8-18(14-7-9-26(23,24)12-14)17(20)11-25-16-6-5-13(2)10-15(16)19(21)22/h5-6,10,14H,3-4,7-9,11-12H2,1-2H3/t14-/m0/s1. The van der Waals surface area contributed by atoms with Crippen LogP contribution in [-0.2, 0) is 14.6 Å². The molecule has 0 bridgehead atoms. The maximum Gasteiger partial charge on any atom is 0.311 e. The lowest BCUT2D eigenvalue weighted by molar-refractivity contribution is -0.385. The molecule has 0 radical (unpaired) electrons. The van der Waals surface area contributed by atoms with Crippen molar-refractivity contribution in [3.63, 3.8) is 0 Å². The molecule has 26 heavy (non-hydrogen) atoms. The number of nitro benzene ring substituents is 1. The van der Waals surface area contributed by atoms with Gasteiger partial charge in [-0.15, -0.1) is 0 Å². The van der Waals surface area contributed by atoms with Crippen LogP contribution in [0.3, 0.4) is 0 Å². The summed E-state index contributed by atoms with van der Waals surface area (Å²) in [5.41, 5.74) is 0.525. The Morgan fingerprint density at radius 3 is 2.73 bits per heavy atom. The molecule has 1 amide bonds. The van der Waals surface area contributed by atoms with Gasteiger partial charge in [-0.1, -0.05) is 19.4 Å². The third kappa shape index (κ3) is 5.17. The minimum Gasteiger partial charge on any atom is -0.477 e. The van der Waals surface area contributed by atoms with Crippen LogP contribution in [0.4, 0.5) is 5.69 Å². The van der Waals surface area contributed by atoms with Gasteiger partial charge in [-0.2, -0.15) is 0 Å². The van der Waals surface area contributed by atoms with E-state index >= 15 is 0 Å². The van der Waals surface area contributed by atoms with Gasteiger partial charge in [0.05, 0.1) is 16.4 Å². The second-order valence-electron chi connectivity index (χ2n) is 6.51. The van der Waals surface area contributed by atoms with Crippen molar-refractivity contribution in [2.75, 3.05) is 24.7 Å². The summed E-state index contributed by atoms with van der Waals surface area (Å²) in [5, 5.41) is 11.1. The number of benzene rings is 1. The van der Waals surface area contributed by atoms with Crippen molar-refractivity contribution in [3.05, 3.63) is 33.9 Å².